The minimum atomic E-state index is -1.62. The number of aliphatic carboxylic acids is 1. The number of benzene rings is 2. The summed E-state index contributed by atoms with van der Waals surface area (Å²) >= 11 is 0. The normalized spacial score (nSPS) is 12.2. The van der Waals surface area contributed by atoms with Crippen LogP contribution in [0.15, 0.2) is 48.5 Å². The summed E-state index contributed by atoms with van der Waals surface area (Å²) in [6, 6.07) is 12.9. The fourth-order valence-electron chi connectivity index (χ4n) is 2.89. The Morgan fingerprint density at radius 1 is 0.968 bits per heavy atom. The Hall–Kier alpha value is -3.75. The van der Waals surface area contributed by atoms with Crippen molar-refractivity contribution in [2.24, 2.45) is 0 Å². The lowest BCUT2D eigenvalue weighted by Crippen LogP contribution is -2.50. The number of ether oxygens (including phenoxy) is 4. The quantitative estimate of drug-likeness (QED) is 0.551. The molecule has 0 fully saturated rings. The Kier molecular flexibility index (Phi) is 8.68. The number of esters is 1. The molecule has 0 radical (unpaired) electrons. The van der Waals surface area contributed by atoms with Gasteiger partial charge in [-0.05, 0) is 29.7 Å². The zero-order valence-electron chi connectivity index (χ0n) is 17.5. The lowest BCUT2D eigenvalue weighted by Gasteiger charge is -2.25. The van der Waals surface area contributed by atoms with E-state index >= 15 is 0 Å². The van der Waals surface area contributed by atoms with Crippen LogP contribution in [0.25, 0.3) is 0 Å². The number of amides is 1. The average molecular weight is 431 g/mol. The van der Waals surface area contributed by atoms with E-state index in [4.69, 9.17) is 18.9 Å². The van der Waals surface area contributed by atoms with Crippen molar-refractivity contribution in [2.75, 3.05) is 14.2 Å². The highest BCUT2D eigenvalue weighted by Gasteiger charge is 2.33. The summed E-state index contributed by atoms with van der Waals surface area (Å²) < 4.78 is 20.6. The fraction of sp³-hybridized carbons (Fsp3) is 0.318. The number of rotatable bonds is 10. The van der Waals surface area contributed by atoms with E-state index in [-0.39, 0.29) is 13.0 Å². The molecule has 0 saturated heterocycles. The second kappa shape index (κ2) is 11.4. The van der Waals surface area contributed by atoms with Crippen LogP contribution < -0.4 is 14.8 Å². The van der Waals surface area contributed by atoms with Gasteiger partial charge in [-0.25, -0.2) is 9.59 Å². The molecule has 0 aromatic heterocycles. The van der Waals surface area contributed by atoms with Crippen molar-refractivity contribution in [3.63, 3.8) is 0 Å². The summed E-state index contributed by atoms with van der Waals surface area (Å²) in [7, 11) is 2.96. The Morgan fingerprint density at radius 2 is 1.65 bits per heavy atom. The number of methoxy groups -OCH3 is 2. The Morgan fingerprint density at radius 3 is 2.23 bits per heavy atom. The van der Waals surface area contributed by atoms with E-state index in [1.54, 1.807) is 42.5 Å². The first-order valence-corrected chi connectivity index (χ1v) is 9.42. The van der Waals surface area contributed by atoms with Gasteiger partial charge in [-0.15, -0.1) is 0 Å². The smallest absolute Gasteiger partial charge is 0.407 e. The van der Waals surface area contributed by atoms with Crippen molar-refractivity contribution in [3.05, 3.63) is 59.7 Å². The Bertz CT molecular complexity index is 900. The maximum atomic E-state index is 12.3. The van der Waals surface area contributed by atoms with Crippen LogP contribution in [0.2, 0.25) is 0 Å². The number of alkyl carbamates (subject to hydrolysis) is 1. The average Bonchev–Trinajstić information content (AvgIpc) is 2.76. The molecule has 0 spiro atoms. The van der Waals surface area contributed by atoms with Crippen LogP contribution in [0, 0.1) is 0 Å². The molecule has 2 rings (SSSR count). The van der Waals surface area contributed by atoms with E-state index < -0.39 is 30.2 Å². The minimum Gasteiger partial charge on any atom is -0.493 e. The minimum absolute atomic E-state index is 0.00105. The molecule has 1 amide bonds. The number of carbonyl (C=O) groups is 3. The van der Waals surface area contributed by atoms with E-state index in [0.29, 0.717) is 17.1 Å². The van der Waals surface area contributed by atoms with Gasteiger partial charge in [0.05, 0.1) is 20.3 Å². The van der Waals surface area contributed by atoms with Gasteiger partial charge in [0.15, 0.2) is 11.5 Å². The number of carboxylic acids is 1. The van der Waals surface area contributed by atoms with Crippen LogP contribution in [0.5, 0.6) is 11.5 Å². The molecule has 2 aromatic rings. The first-order chi connectivity index (χ1) is 14.8. The molecule has 31 heavy (non-hydrogen) atoms. The first-order valence-electron chi connectivity index (χ1n) is 9.42. The van der Waals surface area contributed by atoms with E-state index in [9.17, 15) is 19.5 Å². The van der Waals surface area contributed by atoms with Gasteiger partial charge in [0.1, 0.15) is 6.61 Å². The van der Waals surface area contributed by atoms with Crippen molar-refractivity contribution in [3.8, 4) is 11.5 Å². The maximum absolute atomic E-state index is 12.3. The van der Waals surface area contributed by atoms with Gasteiger partial charge in [0.2, 0.25) is 6.10 Å². The molecule has 166 valence electrons. The van der Waals surface area contributed by atoms with E-state index in [1.165, 1.54) is 14.2 Å². The van der Waals surface area contributed by atoms with Gasteiger partial charge < -0.3 is 29.4 Å². The second-order valence-corrected chi connectivity index (χ2v) is 6.57. The van der Waals surface area contributed by atoms with Gasteiger partial charge in [0.25, 0.3) is 0 Å². The molecule has 0 aliphatic carbocycles. The topological polar surface area (TPSA) is 120 Å². The molecule has 9 nitrogen and oxygen atoms in total. The molecule has 0 aliphatic heterocycles. The molecule has 2 N–H and O–H groups in total. The maximum Gasteiger partial charge on any atom is 0.407 e. The molecule has 0 saturated carbocycles. The fourth-order valence-corrected chi connectivity index (χ4v) is 2.89. The van der Waals surface area contributed by atoms with E-state index in [0.717, 1.165) is 12.5 Å². The van der Waals surface area contributed by atoms with Gasteiger partial charge in [-0.1, -0.05) is 36.4 Å². The van der Waals surface area contributed by atoms with Crippen molar-refractivity contribution >= 4 is 18.0 Å². The zero-order chi connectivity index (χ0) is 22.8. The Labute approximate surface area is 179 Å². The number of nitrogens with one attached hydrogen (secondary N) is 1. The third-order valence-electron chi connectivity index (χ3n) is 4.32. The van der Waals surface area contributed by atoms with E-state index in [2.05, 4.69) is 5.32 Å². The highest BCUT2D eigenvalue weighted by Crippen LogP contribution is 2.28. The molecular formula is C22H25NO8. The van der Waals surface area contributed by atoms with Crippen molar-refractivity contribution in [1.29, 1.82) is 0 Å². The van der Waals surface area contributed by atoms with Crippen LogP contribution in [-0.2, 0) is 32.1 Å². The lowest BCUT2D eigenvalue weighted by atomic mass is 10.0. The number of carbonyl (C=O) groups excluding carboxylic acids is 2. The number of hydrogen-bond acceptors (Lipinski definition) is 7. The van der Waals surface area contributed by atoms with Crippen molar-refractivity contribution in [2.45, 2.75) is 32.1 Å². The molecule has 0 heterocycles. The third-order valence-corrected chi connectivity index (χ3v) is 4.32. The van der Waals surface area contributed by atoms with Gasteiger partial charge in [-0.3, -0.25) is 4.79 Å². The summed E-state index contributed by atoms with van der Waals surface area (Å²) in [4.78, 5) is 35.5. The summed E-state index contributed by atoms with van der Waals surface area (Å²) in [6.45, 7) is 1.10. The molecule has 0 bridgehead atoms. The summed E-state index contributed by atoms with van der Waals surface area (Å²) in [5, 5.41) is 12.1. The highest BCUT2D eigenvalue weighted by molar-refractivity contribution is 5.79. The zero-order valence-corrected chi connectivity index (χ0v) is 17.5. The van der Waals surface area contributed by atoms with Crippen LogP contribution >= 0.6 is 0 Å². The van der Waals surface area contributed by atoms with Gasteiger partial charge in [0, 0.05) is 6.92 Å². The first kappa shape index (κ1) is 23.5. The van der Waals surface area contributed by atoms with Crippen molar-refractivity contribution in [1.82, 2.24) is 5.32 Å². The molecule has 0 aliphatic rings. The third kappa shape index (κ3) is 7.22. The molecule has 9 heteroatoms. The molecular weight excluding hydrogens is 406 g/mol. The Balaban J connectivity index is 2.20. The van der Waals surface area contributed by atoms with Gasteiger partial charge in [-0.2, -0.15) is 0 Å². The number of hydrogen-bond donors (Lipinski definition) is 2. The largest absolute Gasteiger partial charge is 0.493 e. The predicted molar refractivity (Wildman–Crippen MR) is 110 cm³/mol. The second-order valence-electron chi connectivity index (χ2n) is 6.57. The number of carboxylic acid groups (broad SMARTS) is 1. The SMILES string of the molecule is COc1ccc(CC(NC(=O)OCc2ccccc2)C(OC(C)=O)C(=O)O)cc1OC. The highest BCUT2D eigenvalue weighted by atomic mass is 16.6. The van der Waals surface area contributed by atoms with E-state index in [1.807, 2.05) is 6.07 Å². The molecule has 2 aromatic carbocycles. The summed E-state index contributed by atoms with van der Waals surface area (Å²) in [5.41, 5.74) is 1.40. The van der Waals surface area contributed by atoms with Crippen LogP contribution in [0.1, 0.15) is 18.1 Å². The molecule has 2 unspecified atom stereocenters. The monoisotopic (exact) mass is 431 g/mol. The standard InChI is InChI=1S/C22H25NO8/c1-14(24)31-20(21(25)26)17(11-16-9-10-18(28-2)19(12-16)29-3)23-22(27)30-13-15-7-5-4-6-8-15/h4-10,12,17,20H,11,13H2,1-3H3,(H,23,27)(H,25,26). The lowest BCUT2D eigenvalue weighted by molar-refractivity contribution is -0.164. The van der Waals surface area contributed by atoms with Crippen LogP contribution in [-0.4, -0.2) is 49.5 Å². The molecule has 2 atom stereocenters. The van der Waals surface area contributed by atoms with Crippen molar-refractivity contribution < 1.29 is 38.4 Å². The van der Waals surface area contributed by atoms with Gasteiger partial charge >= 0.3 is 18.0 Å². The van der Waals surface area contributed by atoms with Crippen LogP contribution in [0.3, 0.4) is 0 Å². The van der Waals surface area contributed by atoms with Crippen LogP contribution in [0.4, 0.5) is 4.79 Å². The predicted octanol–water partition coefficient (Wildman–Crippen LogP) is 2.56. The summed E-state index contributed by atoms with van der Waals surface area (Å²) in [5.74, 6) is -1.26. The summed E-state index contributed by atoms with van der Waals surface area (Å²) in [6.07, 6.45) is -2.42.